The lowest BCUT2D eigenvalue weighted by molar-refractivity contribution is -0.134. The van der Waals surface area contributed by atoms with E-state index in [-0.39, 0.29) is 55.9 Å². The summed E-state index contributed by atoms with van der Waals surface area (Å²) >= 11 is 0. The first-order valence-corrected chi connectivity index (χ1v) is 11.0. The van der Waals surface area contributed by atoms with Gasteiger partial charge in [-0.15, -0.1) is 0 Å². The summed E-state index contributed by atoms with van der Waals surface area (Å²) in [5.41, 5.74) is 2.26. The molecule has 2 aliphatic rings. The fourth-order valence-corrected chi connectivity index (χ4v) is 4.70. The molecule has 0 spiro atoms. The summed E-state index contributed by atoms with van der Waals surface area (Å²) in [5.74, 6) is -5.45. The highest BCUT2D eigenvalue weighted by molar-refractivity contribution is 5.76. The predicted molar refractivity (Wildman–Crippen MR) is 107 cm³/mol. The van der Waals surface area contributed by atoms with E-state index in [1.54, 1.807) is 10.7 Å². The van der Waals surface area contributed by atoms with E-state index in [1.807, 2.05) is 19.2 Å². The molecular formula is C22H28F4N4O. The number of halogens is 4. The maximum absolute atomic E-state index is 13.4. The molecule has 9 heteroatoms. The molecule has 2 aromatic rings. The molecule has 0 bridgehead atoms. The van der Waals surface area contributed by atoms with Crippen molar-refractivity contribution in [2.75, 3.05) is 0 Å². The Hall–Kier alpha value is -2.19. The van der Waals surface area contributed by atoms with Gasteiger partial charge in [0.25, 0.3) is 0 Å². The molecule has 2 saturated carbocycles. The number of hydrogen-bond donors (Lipinski definition) is 1. The fourth-order valence-electron chi connectivity index (χ4n) is 4.70. The van der Waals surface area contributed by atoms with E-state index in [0.29, 0.717) is 31.3 Å². The molecule has 1 unspecified atom stereocenters. The second kappa shape index (κ2) is 8.39. The molecule has 1 amide bonds. The van der Waals surface area contributed by atoms with E-state index in [9.17, 15) is 22.4 Å². The number of carbonyl (C=O) groups excluding carboxylic acids is 1. The zero-order chi connectivity index (χ0) is 22.2. The Morgan fingerprint density at radius 1 is 1.19 bits per heavy atom. The monoisotopic (exact) mass is 440 g/mol. The number of imidazole rings is 1. The number of rotatable bonds is 7. The standard InChI is InChI=1S/C22H28F4N4O/c1-2-18(29-20(31)8-15-10-22(25,26)11-15)16-9-19-28-17(13-30(19)27-12-16)7-14-3-5-21(23,24)6-4-14/h9,12-15,18H,2-8,10-11H2,1H3,(H,29,31). The third-order valence-corrected chi connectivity index (χ3v) is 6.52. The summed E-state index contributed by atoms with van der Waals surface area (Å²) in [6, 6.07) is 1.59. The van der Waals surface area contributed by atoms with E-state index in [2.05, 4.69) is 15.4 Å². The third kappa shape index (κ3) is 5.36. The van der Waals surface area contributed by atoms with Gasteiger partial charge in [-0.1, -0.05) is 6.92 Å². The van der Waals surface area contributed by atoms with Crippen LogP contribution in [0, 0.1) is 11.8 Å². The van der Waals surface area contributed by atoms with Crippen LogP contribution >= 0.6 is 0 Å². The highest BCUT2D eigenvalue weighted by Crippen LogP contribution is 2.44. The Balaban J connectivity index is 1.37. The Labute approximate surface area is 178 Å². The van der Waals surface area contributed by atoms with Gasteiger partial charge in [0.1, 0.15) is 0 Å². The zero-order valence-electron chi connectivity index (χ0n) is 17.6. The summed E-state index contributed by atoms with van der Waals surface area (Å²) < 4.78 is 54.3. The van der Waals surface area contributed by atoms with Gasteiger partial charge in [0, 0.05) is 32.1 Å². The second-order valence-electron chi connectivity index (χ2n) is 9.19. The van der Waals surface area contributed by atoms with E-state index in [4.69, 9.17) is 0 Å². The van der Waals surface area contributed by atoms with Gasteiger partial charge in [-0.3, -0.25) is 4.79 Å². The van der Waals surface area contributed by atoms with Gasteiger partial charge in [-0.2, -0.15) is 5.10 Å². The number of nitrogens with one attached hydrogen (secondary N) is 1. The van der Waals surface area contributed by atoms with Crippen LogP contribution in [-0.2, 0) is 11.2 Å². The Bertz CT molecular complexity index is 927. The fraction of sp³-hybridized carbons (Fsp3) is 0.682. The smallest absolute Gasteiger partial charge is 0.248 e. The van der Waals surface area contributed by atoms with Crippen molar-refractivity contribution in [2.45, 2.75) is 82.6 Å². The number of alkyl halides is 4. The topological polar surface area (TPSA) is 59.3 Å². The van der Waals surface area contributed by atoms with E-state index in [1.165, 1.54) is 0 Å². The predicted octanol–water partition coefficient (Wildman–Crippen LogP) is 5.10. The highest BCUT2D eigenvalue weighted by atomic mass is 19.3. The molecule has 5 nitrogen and oxygen atoms in total. The van der Waals surface area contributed by atoms with Crippen LogP contribution in [0.3, 0.4) is 0 Å². The summed E-state index contributed by atoms with van der Waals surface area (Å²) in [4.78, 5) is 16.9. The quantitative estimate of drug-likeness (QED) is 0.610. The first kappa shape index (κ1) is 22.0. The Morgan fingerprint density at radius 2 is 1.90 bits per heavy atom. The summed E-state index contributed by atoms with van der Waals surface area (Å²) in [6.45, 7) is 1.93. The molecule has 0 radical (unpaired) electrons. The van der Waals surface area contributed by atoms with Crippen molar-refractivity contribution >= 4 is 11.6 Å². The maximum Gasteiger partial charge on any atom is 0.248 e. The normalized spacial score (nSPS) is 22.2. The Kier molecular flexibility index (Phi) is 5.96. The molecule has 2 heterocycles. The van der Waals surface area contributed by atoms with Gasteiger partial charge in [0.15, 0.2) is 5.65 Å². The van der Waals surface area contributed by atoms with Crippen molar-refractivity contribution in [1.29, 1.82) is 0 Å². The molecule has 0 saturated heterocycles. The van der Waals surface area contributed by atoms with E-state index < -0.39 is 11.8 Å². The minimum absolute atomic E-state index is 0.0657. The van der Waals surface area contributed by atoms with E-state index >= 15 is 0 Å². The summed E-state index contributed by atoms with van der Waals surface area (Å²) in [5, 5.41) is 7.31. The number of nitrogens with zero attached hydrogens (tertiary/aromatic N) is 3. The second-order valence-corrected chi connectivity index (χ2v) is 9.19. The molecular weight excluding hydrogens is 412 g/mol. The SMILES string of the molecule is CCC(NC(=O)CC1CC(F)(F)C1)c1cnn2cc(CC3CCC(F)(F)CC3)nc2c1. The van der Waals surface area contributed by atoms with Crippen LogP contribution in [-0.4, -0.2) is 32.4 Å². The van der Waals surface area contributed by atoms with Crippen LogP contribution in [0.5, 0.6) is 0 Å². The van der Waals surface area contributed by atoms with Gasteiger partial charge in [-0.25, -0.2) is 27.1 Å². The molecule has 2 fully saturated rings. The van der Waals surface area contributed by atoms with Crippen molar-refractivity contribution in [3.8, 4) is 0 Å². The van der Waals surface area contributed by atoms with Crippen LogP contribution < -0.4 is 5.32 Å². The van der Waals surface area contributed by atoms with Gasteiger partial charge < -0.3 is 5.32 Å². The number of hydrogen-bond acceptors (Lipinski definition) is 3. The van der Waals surface area contributed by atoms with Crippen molar-refractivity contribution < 1.29 is 22.4 Å². The number of amides is 1. The molecule has 0 aromatic carbocycles. The van der Waals surface area contributed by atoms with Crippen LogP contribution in [0.15, 0.2) is 18.5 Å². The lowest BCUT2D eigenvalue weighted by atomic mass is 9.79. The van der Waals surface area contributed by atoms with Crippen molar-refractivity contribution in [3.05, 3.63) is 29.7 Å². The van der Waals surface area contributed by atoms with Crippen LogP contribution in [0.25, 0.3) is 5.65 Å². The molecule has 2 aliphatic carbocycles. The van der Waals surface area contributed by atoms with Crippen molar-refractivity contribution in [1.82, 2.24) is 19.9 Å². The van der Waals surface area contributed by atoms with Crippen molar-refractivity contribution in [3.63, 3.8) is 0 Å². The van der Waals surface area contributed by atoms with Gasteiger partial charge in [0.2, 0.25) is 17.8 Å². The van der Waals surface area contributed by atoms with Gasteiger partial charge in [-0.05, 0) is 49.1 Å². The molecule has 1 atom stereocenters. The van der Waals surface area contributed by atoms with E-state index in [0.717, 1.165) is 11.3 Å². The maximum atomic E-state index is 13.4. The summed E-state index contributed by atoms with van der Waals surface area (Å²) in [7, 11) is 0. The first-order chi connectivity index (χ1) is 14.6. The van der Waals surface area contributed by atoms with Gasteiger partial charge >= 0.3 is 0 Å². The third-order valence-electron chi connectivity index (χ3n) is 6.52. The molecule has 2 aromatic heterocycles. The van der Waals surface area contributed by atoms with Gasteiger partial charge in [0.05, 0.1) is 24.1 Å². The number of carbonyl (C=O) groups is 1. The highest BCUT2D eigenvalue weighted by Gasteiger charge is 2.45. The average molecular weight is 440 g/mol. The van der Waals surface area contributed by atoms with Crippen LogP contribution in [0.2, 0.25) is 0 Å². The minimum atomic E-state index is -2.62. The minimum Gasteiger partial charge on any atom is -0.349 e. The van der Waals surface area contributed by atoms with Crippen LogP contribution in [0.4, 0.5) is 17.6 Å². The lowest BCUT2D eigenvalue weighted by Gasteiger charge is -2.34. The zero-order valence-corrected chi connectivity index (χ0v) is 17.6. The molecule has 4 rings (SSSR count). The van der Waals surface area contributed by atoms with Crippen LogP contribution in [0.1, 0.15) is 75.6 Å². The average Bonchev–Trinajstić information content (AvgIpc) is 3.07. The molecule has 31 heavy (non-hydrogen) atoms. The summed E-state index contributed by atoms with van der Waals surface area (Å²) in [6.07, 6.45) is 5.30. The van der Waals surface area contributed by atoms with Crippen molar-refractivity contribution in [2.24, 2.45) is 11.8 Å². The molecule has 170 valence electrons. The lowest BCUT2D eigenvalue weighted by Crippen LogP contribution is -2.39. The largest absolute Gasteiger partial charge is 0.349 e. The Morgan fingerprint density at radius 3 is 2.55 bits per heavy atom. The molecule has 1 N–H and O–H groups in total. The number of aromatic nitrogens is 3. The molecule has 0 aliphatic heterocycles. The first-order valence-electron chi connectivity index (χ1n) is 11.0. The number of fused-ring (bicyclic) bond motifs is 1.